The summed E-state index contributed by atoms with van der Waals surface area (Å²) in [5.74, 6) is 0. The molecule has 0 N–H and O–H groups in total. The molecule has 18 aromatic rings. The van der Waals surface area contributed by atoms with Crippen molar-refractivity contribution in [3.05, 3.63) is 252 Å². The number of hydrogen-bond donors (Lipinski definition) is 0. The van der Waals surface area contributed by atoms with Gasteiger partial charge in [0.05, 0.1) is 9.72 Å². The van der Waals surface area contributed by atoms with Gasteiger partial charge in [-0.25, -0.2) is 0 Å². The van der Waals surface area contributed by atoms with Gasteiger partial charge < -0.3 is 4.42 Å². The molecule has 0 atom stereocenters. The van der Waals surface area contributed by atoms with E-state index in [4.69, 9.17) is 39.2 Å². The number of fused-ring (bicyclic) bond motifs is 18. The van der Waals surface area contributed by atoms with Crippen LogP contribution in [-0.4, -0.2) is 0 Å². The Kier molecular flexibility index (Phi) is 12.1. The van der Waals surface area contributed by atoms with Crippen molar-refractivity contribution in [2.45, 2.75) is 0 Å². The van der Waals surface area contributed by atoms with Crippen molar-refractivity contribution >= 4 is 214 Å². The van der Waals surface area contributed by atoms with Crippen LogP contribution in [0.15, 0.2) is 241 Å². The maximum Gasteiger partial charge on any atom is 0.135 e. The molecule has 0 radical (unpaired) electrons. The van der Waals surface area contributed by atoms with Crippen LogP contribution in [0.2, 0.25) is 15.1 Å². The number of thiophene rings is 5. The lowest BCUT2D eigenvalue weighted by molar-refractivity contribution is 0.669. The maximum atomic E-state index is 6.51. The summed E-state index contributed by atoms with van der Waals surface area (Å²) >= 11 is 28.2. The number of halogens is 3. The van der Waals surface area contributed by atoms with Crippen LogP contribution in [0.25, 0.3) is 156 Å². The minimum Gasteiger partial charge on any atom is -0.456 e. The summed E-state index contributed by atoms with van der Waals surface area (Å²) in [4.78, 5) is 0. The molecule has 18 rings (SSSR count). The lowest BCUT2D eigenvalue weighted by Gasteiger charge is -2.04. The number of benzene rings is 12. The number of furan rings is 1. The van der Waals surface area contributed by atoms with E-state index in [9.17, 15) is 0 Å². The van der Waals surface area contributed by atoms with E-state index in [1.165, 1.54) is 134 Å². The molecular weight excluding hydrogens is 1150 g/mol. The summed E-state index contributed by atoms with van der Waals surface area (Å²) < 4.78 is 18.9. The normalized spacial score (nSPS) is 11.9. The Balaban J connectivity index is 0.000000100. The van der Waals surface area contributed by atoms with Crippen molar-refractivity contribution in [2.75, 3.05) is 0 Å². The van der Waals surface area contributed by atoms with Crippen LogP contribution >= 0.6 is 91.5 Å². The van der Waals surface area contributed by atoms with E-state index >= 15 is 0 Å². The average Bonchev–Trinajstić information content (AvgIpc) is 4.45. The van der Waals surface area contributed by atoms with Gasteiger partial charge in [-0.2, -0.15) is 0 Å². The Labute approximate surface area is 499 Å². The van der Waals surface area contributed by atoms with Gasteiger partial charge in [0.25, 0.3) is 0 Å². The van der Waals surface area contributed by atoms with E-state index in [-0.39, 0.29) is 0 Å². The minimum absolute atomic E-state index is 0.777. The van der Waals surface area contributed by atoms with E-state index < -0.39 is 0 Å². The van der Waals surface area contributed by atoms with E-state index in [0.29, 0.717) is 0 Å². The molecule has 0 saturated heterocycles. The number of hydrogen-bond acceptors (Lipinski definition) is 6. The van der Waals surface area contributed by atoms with Gasteiger partial charge in [0.1, 0.15) is 11.2 Å². The van der Waals surface area contributed by atoms with E-state index in [0.717, 1.165) is 37.0 Å². The first kappa shape index (κ1) is 49.2. The first-order chi connectivity index (χ1) is 39.8. The van der Waals surface area contributed by atoms with Crippen molar-refractivity contribution < 1.29 is 4.42 Å². The van der Waals surface area contributed by atoms with Crippen LogP contribution in [0.1, 0.15) is 0 Å². The molecule has 0 amide bonds. The van der Waals surface area contributed by atoms with Crippen LogP contribution in [0.5, 0.6) is 0 Å². The lowest BCUT2D eigenvalue weighted by Crippen LogP contribution is -1.78. The standard InChI is InChI=1S/C24H13ClOS.2C24H13ClS2/c25-16-7-10-24-20(13-16)19-12-15(6-9-23(19)27-24)14-5-8-22-18(11-14)17-3-1-2-4-21(17)26-22;25-20-6-3-5-17-19-13-15(9-11-23(19)27-24(17)20)14-8-10-22-18(12-14)16-4-1-2-7-21(16)26-22;25-19-5-3-7-23-24(19)18-13-15(9-11-22(18)27-23)14-8-10-21-17(12-14)16-4-1-2-6-20(16)26-21/h3*1-13H. The molecular formula is C72H39Cl3OS5. The van der Waals surface area contributed by atoms with E-state index in [1.54, 1.807) is 34.0 Å². The third-order valence-corrected chi connectivity index (χ3v) is 22.2. The molecule has 81 heavy (non-hydrogen) atoms. The number of rotatable bonds is 3. The summed E-state index contributed by atoms with van der Waals surface area (Å²) in [6.45, 7) is 0. The molecule has 0 fully saturated rings. The maximum absolute atomic E-state index is 6.51. The van der Waals surface area contributed by atoms with Crippen molar-refractivity contribution in [2.24, 2.45) is 0 Å². The summed E-state index contributed by atoms with van der Waals surface area (Å²) in [5.41, 5.74) is 9.24. The van der Waals surface area contributed by atoms with Crippen molar-refractivity contribution in [3.8, 4) is 33.4 Å². The average molecular weight is 1190 g/mol. The third kappa shape index (κ3) is 8.59. The molecule has 6 aromatic heterocycles. The highest BCUT2D eigenvalue weighted by atomic mass is 35.5. The van der Waals surface area contributed by atoms with Crippen LogP contribution in [0, 0.1) is 0 Å². The molecule has 0 bridgehead atoms. The van der Waals surface area contributed by atoms with Crippen molar-refractivity contribution in [1.29, 1.82) is 0 Å². The second kappa shape index (κ2) is 19.8. The lowest BCUT2D eigenvalue weighted by atomic mass is 10.0. The summed E-state index contributed by atoms with van der Waals surface area (Å²) in [6, 6.07) is 84.1. The molecule has 0 unspecified atom stereocenters. The zero-order chi connectivity index (χ0) is 53.9. The van der Waals surface area contributed by atoms with Gasteiger partial charge in [-0.1, -0.05) is 144 Å². The fraction of sp³-hybridized carbons (Fsp3) is 0. The van der Waals surface area contributed by atoms with Gasteiger partial charge >= 0.3 is 0 Å². The quantitative estimate of drug-likeness (QED) is 0.172. The van der Waals surface area contributed by atoms with E-state index in [1.807, 2.05) is 65.1 Å². The molecule has 0 aliphatic heterocycles. The van der Waals surface area contributed by atoms with Gasteiger partial charge in [-0.15, -0.1) is 56.7 Å². The molecule has 0 aliphatic rings. The van der Waals surface area contributed by atoms with Gasteiger partial charge in [0.2, 0.25) is 0 Å². The second-order valence-electron chi connectivity index (χ2n) is 20.2. The SMILES string of the molecule is Clc1ccc2sc3ccc(-c4ccc5oc6ccccc6c5c4)cc3c2c1.Clc1cccc2c1sc1ccc(-c3ccc4sc5ccccc5c4c3)cc12.Clc1cccc2sc3ccc(-c4ccc5sc6ccccc6c5c4)cc3c12. The topological polar surface area (TPSA) is 13.1 Å². The van der Waals surface area contributed by atoms with Gasteiger partial charge in [0, 0.05) is 117 Å². The predicted molar refractivity (Wildman–Crippen MR) is 362 cm³/mol. The Morgan fingerprint density at radius 3 is 1.21 bits per heavy atom. The summed E-state index contributed by atoms with van der Waals surface area (Å²) in [5, 5.41) is 17.5. The third-order valence-electron chi connectivity index (χ3n) is 15.5. The van der Waals surface area contributed by atoms with E-state index in [2.05, 4.69) is 194 Å². The van der Waals surface area contributed by atoms with Crippen molar-refractivity contribution in [1.82, 2.24) is 0 Å². The summed E-state index contributed by atoms with van der Waals surface area (Å²) in [6.07, 6.45) is 0. The molecule has 1 nitrogen and oxygen atoms in total. The first-order valence-electron chi connectivity index (χ1n) is 26.4. The monoisotopic (exact) mass is 1180 g/mol. The van der Waals surface area contributed by atoms with Crippen LogP contribution < -0.4 is 0 Å². The Morgan fingerprint density at radius 1 is 0.235 bits per heavy atom. The zero-order valence-corrected chi connectivity index (χ0v) is 49.0. The molecule has 12 aromatic carbocycles. The summed E-state index contributed by atoms with van der Waals surface area (Å²) in [7, 11) is 0. The van der Waals surface area contributed by atoms with Gasteiger partial charge in [-0.05, 0) is 161 Å². The molecule has 9 heteroatoms. The van der Waals surface area contributed by atoms with Crippen LogP contribution in [0.3, 0.4) is 0 Å². The van der Waals surface area contributed by atoms with Gasteiger partial charge in [0.15, 0.2) is 0 Å². The first-order valence-corrected chi connectivity index (χ1v) is 31.6. The Bertz CT molecular complexity index is 5420. The van der Waals surface area contributed by atoms with Crippen LogP contribution in [-0.2, 0) is 0 Å². The molecule has 0 saturated carbocycles. The van der Waals surface area contributed by atoms with Crippen molar-refractivity contribution in [3.63, 3.8) is 0 Å². The molecule has 384 valence electrons. The highest BCUT2D eigenvalue weighted by Crippen LogP contribution is 2.45. The largest absolute Gasteiger partial charge is 0.456 e. The zero-order valence-electron chi connectivity index (χ0n) is 42.6. The second-order valence-corrected chi connectivity index (χ2v) is 26.9. The fourth-order valence-electron chi connectivity index (χ4n) is 11.6. The molecule has 6 heterocycles. The highest BCUT2D eigenvalue weighted by molar-refractivity contribution is 7.27. The minimum atomic E-state index is 0.777. The Morgan fingerprint density at radius 2 is 0.605 bits per heavy atom. The molecule has 0 spiro atoms. The molecule has 0 aliphatic carbocycles. The van der Waals surface area contributed by atoms with Gasteiger partial charge in [-0.3, -0.25) is 0 Å². The Hall–Kier alpha value is -7.59. The number of para-hydroxylation sites is 1. The smallest absolute Gasteiger partial charge is 0.135 e. The van der Waals surface area contributed by atoms with Crippen LogP contribution in [0.4, 0.5) is 0 Å². The fourth-order valence-corrected chi connectivity index (χ4v) is 17.8. The highest BCUT2D eigenvalue weighted by Gasteiger charge is 2.15. The predicted octanol–water partition coefficient (Wildman–Crippen LogP) is 25.8.